The zero-order valence-corrected chi connectivity index (χ0v) is 8.64. The normalized spacial score (nSPS) is 19.8. The molecule has 1 aliphatic rings. The second kappa shape index (κ2) is 4.06. The van der Waals surface area contributed by atoms with Crippen molar-refractivity contribution >= 4 is 5.97 Å². The molecule has 1 saturated carbocycles. The van der Waals surface area contributed by atoms with Crippen molar-refractivity contribution in [1.29, 1.82) is 0 Å². The van der Waals surface area contributed by atoms with Crippen LogP contribution in [0.3, 0.4) is 0 Å². The minimum Gasteiger partial charge on any atom is -0.480 e. The highest BCUT2D eigenvalue weighted by Gasteiger charge is 2.37. The third-order valence-corrected chi connectivity index (χ3v) is 2.76. The Hall–Kier alpha value is -1.29. The summed E-state index contributed by atoms with van der Waals surface area (Å²) < 4.78 is 5.22. The van der Waals surface area contributed by atoms with Crippen molar-refractivity contribution in [2.45, 2.75) is 31.8 Å². The van der Waals surface area contributed by atoms with E-state index in [0.717, 1.165) is 18.6 Å². The van der Waals surface area contributed by atoms with Crippen LogP contribution >= 0.6 is 0 Å². The standard InChI is InChI=1S/C11H15NO3/c1-7(9-3-2-6-15-9)12-10(11(13)14)8-4-5-8/h2-3,6-8,10,12H,4-5H2,1H3,(H,13,14)/t7-,10?/m1/s1. The highest BCUT2D eigenvalue weighted by Crippen LogP contribution is 2.33. The summed E-state index contributed by atoms with van der Waals surface area (Å²) in [4.78, 5) is 11.0. The molecule has 0 bridgehead atoms. The van der Waals surface area contributed by atoms with Gasteiger partial charge in [0.1, 0.15) is 11.8 Å². The van der Waals surface area contributed by atoms with Crippen molar-refractivity contribution < 1.29 is 14.3 Å². The van der Waals surface area contributed by atoms with Gasteiger partial charge in [-0.25, -0.2) is 0 Å². The molecule has 1 heterocycles. The first-order valence-corrected chi connectivity index (χ1v) is 5.20. The molecule has 0 saturated heterocycles. The number of aliphatic carboxylic acids is 1. The number of hydrogen-bond acceptors (Lipinski definition) is 3. The van der Waals surface area contributed by atoms with Gasteiger partial charge in [-0.3, -0.25) is 10.1 Å². The lowest BCUT2D eigenvalue weighted by molar-refractivity contribution is -0.140. The van der Waals surface area contributed by atoms with Gasteiger partial charge in [0.05, 0.1) is 12.3 Å². The SMILES string of the molecule is C[C@@H](NC(C(=O)O)C1CC1)c1ccco1. The molecular weight excluding hydrogens is 194 g/mol. The molecular formula is C11H15NO3. The fourth-order valence-electron chi connectivity index (χ4n) is 1.73. The predicted molar refractivity (Wildman–Crippen MR) is 54.4 cm³/mol. The van der Waals surface area contributed by atoms with Crippen LogP contribution in [0.15, 0.2) is 22.8 Å². The third kappa shape index (κ3) is 2.39. The lowest BCUT2D eigenvalue weighted by Crippen LogP contribution is -2.39. The van der Waals surface area contributed by atoms with E-state index in [9.17, 15) is 4.79 Å². The van der Waals surface area contributed by atoms with E-state index >= 15 is 0 Å². The Kier molecular flexibility index (Phi) is 2.77. The molecule has 2 atom stereocenters. The van der Waals surface area contributed by atoms with E-state index in [1.54, 1.807) is 12.3 Å². The van der Waals surface area contributed by atoms with Crippen LogP contribution in [0, 0.1) is 5.92 Å². The molecule has 2 N–H and O–H groups in total. The minimum atomic E-state index is -0.768. The Bertz CT molecular complexity index is 330. The number of hydrogen-bond donors (Lipinski definition) is 2. The number of nitrogens with one attached hydrogen (secondary N) is 1. The highest BCUT2D eigenvalue weighted by atomic mass is 16.4. The zero-order chi connectivity index (χ0) is 10.8. The average molecular weight is 209 g/mol. The first kappa shape index (κ1) is 10.2. The van der Waals surface area contributed by atoms with Crippen LogP contribution in [0.4, 0.5) is 0 Å². The molecule has 1 aliphatic carbocycles. The van der Waals surface area contributed by atoms with Crippen LogP contribution in [0.1, 0.15) is 31.6 Å². The molecule has 82 valence electrons. The van der Waals surface area contributed by atoms with Crippen molar-refractivity contribution in [3.63, 3.8) is 0 Å². The van der Waals surface area contributed by atoms with Gasteiger partial charge in [0.25, 0.3) is 0 Å². The number of carbonyl (C=O) groups is 1. The van der Waals surface area contributed by atoms with Crippen LogP contribution in [-0.4, -0.2) is 17.1 Å². The lowest BCUT2D eigenvalue weighted by Gasteiger charge is -2.18. The van der Waals surface area contributed by atoms with Gasteiger partial charge in [0.15, 0.2) is 0 Å². The zero-order valence-electron chi connectivity index (χ0n) is 8.64. The molecule has 4 heteroatoms. The van der Waals surface area contributed by atoms with Gasteiger partial charge in [-0.15, -0.1) is 0 Å². The van der Waals surface area contributed by atoms with E-state index in [1.165, 1.54) is 0 Å². The molecule has 0 aromatic carbocycles. The quantitative estimate of drug-likeness (QED) is 0.776. The Morgan fingerprint density at radius 3 is 2.87 bits per heavy atom. The minimum absolute atomic E-state index is 0.0540. The average Bonchev–Trinajstić information content (AvgIpc) is 2.87. The Morgan fingerprint density at radius 1 is 1.67 bits per heavy atom. The molecule has 2 rings (SSSR count). The summed E-state index contributed by atoms with van der Waals surface area (Å²) in [7, 11) is 0. The maximum absolute atomic E-state index is 11.0. The maximum atomic E-state index is 11.0. The van der Waals surface area contributed by atoms with Crippen molar-refractivity contribution in [2.24, 2.45) is 5.92 Å². The Morgan fingerprint density at radius 2 is 2.40 bits per heavy atom. The van der Waals surface area contributed by atoms with E-state index in [2.05, 4.69) is 5.32 Å². The van der Waals surface area contributed by atoms with E-state index in [1.807, 2.05) is 13.0 Å². The van der Waals surface area contributed by atoms with Gasteiger partial charge in [-0.1, -0.05) is 0 Å². The van der Waals surface area contributed by atoms with Crippen molar-refractivity contribution in [2.75, 3.05) is 0 Å². The van der Waals surface area contributed by atoms with Crippen molar-refractivity contribution in [1.82, 2.24) is 5.32 Å². The number of furan rings is 1. The van der Waals surface area contributed by atoms with Crippen LogP contribution in [0.2, 0.25) is 0 Å². The van der Waals surface area contributed by atoms with E-state index in [-0.39, 0.29) is 6.04 Å². The van der Waals surface area contributed by atoms with Gasteiger partial charge in [-0.2, -0.15) is 0 Å². The number of rotatable bonds is 5. The van der Waals surface area contributed by atoms with E-state index < -0.39 is 12.0 Å². The van der Waals surface area contributed by atoms with E-state index in [0.29, 0.717) is 5.92 Å². The van der Waals surface area contributed by atoms with Gasteiger partial charge < -0.3 is 9.52 Å². The van der Waals surface area contributed by atoms with Gasteiger partial charge >= 0.3 is 5.97 Å². The first-order valence-electron chi connectivity index (χ1n) is 5.20. The molecule has 15 heavy (non-hydrogen) atoms. The summed E-state index contributed by atoms with van der Waals surface area (Å²) >= 11 is 0. The van der Waals surface area contributed by atoms with Crippen LogP contribution in [-0.2, 0) is 4.79 Å². The molecule has 0 aliphatic heterocycles. The number of carboxylic acid groups (broad SMARTS) is 1. The Labute approximate surface area is 88.3 Å². The van der Waals surface area contributed by atoms with Gasteiger partial charge in [0.2, 0.25) is 0 Å². The molecule has 0 amide bonds. The van der Waals surface area contributed by atoms with Gasteiger partial charge in [-0.05, 0) is 37.8 Å². The lowest BCUT2D eigenvalue weighted by atomic mass is 10.1. The third-order valence-electron chi connectivity index (χ3n) is 2.76. The summed E-state index contributed by atoms with van der Waals surface area (Å²) in [5, 5.41) is 12.1. The molecule has 1 aromatic rings. The molecule has 0 radical (unpaired) electrons. The van der Waals surface area contributed by atoms with Crippen molar-refractivity contribution in [3.8, 4) is 0 Å². The number of carboxylic acids is 1. The molecule has 4 nitrogen and oxygen atoms in total. The topological polar surface area (TPSA) is 62.5 Å². The van der Waals surface area contributed by atoms with Crippen LogP contribution in [0.25, 0.3) is 0 Å². The monoisotopic (exact) mass is 209 g/mol. The largest absolute Gasteiger partial charge is 0.480 e. The van der Waals surface area contributed by atoms with Gasteiger partial charge in [0, 0.05) is 0 Å². The second-order valence-corrected chi connectivity index (χ2v) is 4.06. The second-order valence-electron chi connectivity index (χ2n) is 4.06. The van der Waals surface area contributed by atoms with Crippen LogP contribution in [0.5, 0.6) is 0 Å². The molecule has 1 aromatic heterocycles. The van der Waals surface area contributed by atoms with Crippen molar-refractivity contribution in [3.05, 3.63) is 24.2 Å². The Balaban J connectivity index is 1.97. The summed E-state index contributed by atoms with van der Waals surface area (Å²) in [5.74, 6) is 0.303. The summed E-state index contributed by atoms with van der Waals surface area (Å²) in [6, 6.07) is 3.16. The summed E-state index contributed by atoms with van der Waals surface area (Å²) in [5.41, 5.74) is 0. The predicted octanol–water partition coefficient (Wildman–Crippen LogP) is 1.79. The molecule has 1 unspecified atom stereocenters. The van der Waals surface area contributed by atoms with Crippen LogP contribution < -0.4 is 5.32 Å². The molecule has 0 spiro atoms. The molecule has 1 fully saturated rings. The maximum Gasteiger partial charge on any atom is 0.321 e. The summed E-state index contributed by atoms with van der Waals surface area (Å²) in [6.07, 6.45) is 3.62. The fourth-order valence-corrected chi connectivity index (χ4v) is 1.73. The first-order chi connectivity index (χ1) is 7.18. The highest BCUT2D eigenvalue weighted by molar-refractivity contribution is 5.74. The fraction of sp³-hybridized carbons (Fsp3) is 0.545. The smallest absolute Gasteiger partial charge is 0.321 e. The van der Waals surface area contributed by atoms with E-state index in [4.69, 9.17) is 9.52 Å². The summed E-state index contributed by atoms with van der Waals surface area (Å²) in [6.45, 7) is 1.91.